The lowest BCUT2D eigenvalue weighted by Gasteiger charge is -2.67. The van der Waals surface area contributed by atoms with E-state index in [1.165, 1.54) is 83.8 Å². The lowest BCUT2D eigenvalue weighted by Crippen LogP contribution is -2.82. The Morgan fingerprint density at radius 2 is 1.22 bits per heavy atom. The number of benzene rings is 4. The van der Waals surface area contributed by atoms with Crippen molar-refractivity contribution in [3.8, 4) is 0 Å². The number of hydrogen-bond donors (Lipinski definition) is 4. The van der Waals surface area contributed by atoms with Gasteiger partial charge in [-0.2, -0.15) is 0 Å². The summed E-state index contributed by atoms with van der Waals surface area (Å²) in [5.74, 6) is -8.79. The quantitative estimate of drug-likeness (QED) is 0.00805. The molecular formula is C80H108N3O20P. The lowest BCUT2D eigenvalue weighted by molar-refractivity contribution is -0.870. The number of phosphoric acid groups is 1. The molecule has 0 radical (unpaired) electrons. The average Bonchev–Trinajstić information content (AvgIpc) is 0.669. The van der Waals surface area contributed by atoms with Crippen molar-refractivity contribution in [2.75, 3.05) is 52.8 Å². The van der Waals surface area contributed by atoms with Gasteiger partial charge in [-0.1, -0.05) is 183 Å². The number of ketones is 1. The van der Waals surface area contributed by atoms with Crippen LogP contribution in [0.5, 0.6) is 0 Å². The molecule has 4 aromatic carbocycles. The number of carbonyl (C=O) groups is 8. The first-order chi connectivity index (χ1) is 49.4. The van der Waals surface area contributed by atoms with Crippen LogP contribution in [0.25, 0.3) is 0 Å². The van der Waals surface area contributed by atoms with Crippen LogP contribution in [0.1, 0.15) is 208 Å². The summed E-state index contributed by atoms with van der Waals surface area (Å²) in [4.78, 5) is 127. The summed E-state index contributed by atoms with van der Waals surface area (Å²) in [6.45, 7) is 8.68. The van der Waals surface area contributed by atoms with Gasteiger partial charge in [0.15, 0.2) is 17.5 Å². The van der Waals surface area contributed by atoms with Gasteiger partial charge in [0.1, 0.15) is 43.1 Å². The number of amides is 2. The molecule has 3 fully saturated rings. The van der Waals surface area contributed by atoms with Crippen LogP contribution in [-0.2, 0) is 77.2 Å². The number of rotatable bonds is 39. The zero-order valence-electron chi connectivity index (χ0n) is 61.9. The Hall–Kier alpha value is -7.47. The van der Waals surface area contributed by atoms with Crippen molar-refractivity contribution in [3.05, 3.63) is 149 Å². The fourth-order valence-electron chi connectivity index (χ4n) is 15.2. The molecule has 2 amide bonds. The summed E-state index contributed by atoms with van der Waals surface area (Å²) >= 11 is 0. The van der Waals surface area contributed by atoms with E-state index in [2.05, 4.69) is 10.6 Å². The maximum Gasteiger partial charge on any atom is 0.350 e. The molecule has 568 valence electrons. The Balaban J connectivity index is 0.894. The molecule has 4 aromatic rings. The topological polar surface area (TPSA) is 315 Å². The highest BCUT2D eigenvalue weighted by molar-refractivity contribution is 7.45. The van der Waals surface area contributed by atoms with E-state index in [1.807, 2.05) is 33.3 Å². The molecule has 8 rings (SSSR count). The van der Waals surface area contributed by atoms with Gasteiger partial charge in [-0.05, 0) is 91.8 Å². The van der Waals surface area contributed by atoms with Gasteiger partial charge in [0.25, 0.3) is 13.7 Å². The number of quaternary nitrogens is 1. The van der Waals surface area contributed by atoms with E-state index in [-0.39, 0.29) is 60.5 Å². The Morgan fingerprint density at radius 3 is 1.76 bits per heavy atom. The second kappa shape index (κ2) is 37.2. The van der Waals surface area contributed by atoms with Gasteiger partial charge < -0.3 is 67.7 Å². The molecule has 1 unspecified atom stereocenters. The van der Waals surface area contributed by atoms with Gasteiger partial charge in [0.2, 0.25) is 12.0 Å². The zero-order chi connectivity index (χ0) is 75.5. The number of aliphatic hydroxyl groups excluding tert-OH is 1. The van der Waals surface area contributed by atoms with Crippen molar-refractivity contribution in [2.45, 2.75) is 230 Å². The Labute approximate surface area is 612 Å². The van der Waals surface area contributed by atoms with Crippen molar-refractivity contribution in [3.63, 3.8) is 0 Å². The second-order valence-electron chi connectivity index (χ2n) is 30.1. The summed E-state index contributed by atoms with van der Waals surface area (Å²) in [6.07, 6.45) is 7.01. The van der Waals surface area contributed by atoms with Crippen LogP contribution in [0.2, 0.25) is 0 Å². The number of hydrogen-bond acceptors (Lipinski definition) is 20. The van der Waals surface area contributed by atoms with E-state index in [4.69, 9.17) is 37.5 Å². The summed E-state index contributed by atoms with van der Waals surface area (Å²) < 4.78 is 59.8. The third-order valence-corrected chi connectivity index (χ3v) is 22.1. The SMILES string of the molecule is CC(=O)O[C@H]1C(=O)[C@@]2(C)[C@H]([C@H](OC(=O)c3ccccc3)[C@]3(O)C[C@H](OC(=O)[C@H](OC(=O)CCC(=O)Nc4ccc(CCCCCCCCCCCCCCCCCCOP(=O)([O-])OCC[N+](C)(C)C)cc4)[C@@H](NC(=O)c4ccccc4)c4ccccc4)C(C)=C1C3(C)C)[C@]1(OC(C)=O)CO[C@@H]1C[C@@H]2O. The van der Waals surface area contributed by atoms with Crippen LogP contribution in [0.3, 0.4) is 0 Å². The minimum Gasteiger partial charge on any atom is -0.756 e. The number of unbranched alkanes of at least 4 members (excludes halogenated alkanes) is 15. The number of aliphatic hydroxyl groups is 2. The first-order valence-corrected chi connectivity index (χ1v) is 38.4. The first-order valence-electron chi connectivity index (χ1n) is 36.9. The first kappa shape index (κ1) is 82.2. The highest BCUT2D eigenvalue weighted by atomic mass is 31.2. The van der Waals surface area contributed by atoms with Gasteiger partial charge >= 0.3 is 29.8 Å². The molecule has 0 aromatic heterocycles. The largest absolute Gasteiger partial charge is 0.756 e. The average molecular weight is 1460 g/mol. The highest BCUT2D eigenvalue weighted by Gasteiger charge is 2.78. The smallest absolute Gasteiger partial charge is 0.350 e. The van der Waals surface area contributed by atoms with Crippen molar-refractivity contribution in [1.82, 2.24) is 5.32 Å². The monoisotopic (exact) mass is 1460 g/mol. The van der Waals surface area contributed by atoms with Crippen molar-refractivity contribution in [2.24, 2.45) is 16.7 Å². The van der Waals surface area contributed by atoms with E-state index >= 15 is 9.59 Å². The van der Waals surface area contributed by atoms with Crippen molar-refractivity contribution >= 4 is 61.0 Å². The number of esters is 5. The van der Waals surface area contributed by atoms with E-state index in [1.54, 1.807) is 105 Å². The number of likely N-dealkylation sites (N-methyl/N-ethyl adjacent to an activating group) is 1. The summed E-state index contributed by atoms with van der Waals surface area (Å²) in [7, 11) is 1.68. The number of aryl methyl sites for hydroxylation is 1. The van der Waals surface area contributed by atoms with Crippen LogP contribution in [0, 0.1) is 16.7 Å². The Bertz CT molecular complexity index is 3640. The van der Waals surface area contributed by atoms with E-state index in [9.17, 15) is 48.4 Å². The summed E-state index contributed by atoms with van der Waals surface area (Å²) in [5, 5.41) is 32.2. The summed E-state index contributed by atoms with van der Waals surface area (Å²) in [5.41, 5.74) is -6.13. The minimum atomic E-state index is -4.24. The predicted molar refractivity (Wildman–Crippen MR) is 386 cm³/mol. The van der Waals surface area contributed by atoms with Gasteiger partial charge in [0.05, 0.1) is 63.8 Å². The molecule has 3 aliphatic carbocycles. The molecule has 4 aliphatic rings. The van der Waals surface area contributed by atoms with E-state index in [0.29, 0.717) is 23.1 Å². The van der Waals surface area contributed by atoms with Crippen molar-refractivity contribution in [1.29, 1.82) is 0 Å². The molecule has 23 nitrogen and oxygen atoms in total. The number of anilines is 1. The number of fused-ring (bicyclic) bond motifs is 5. The second-order valence-corrected chi connectivity index (χ2v) is 31.5. The third-order valence-electron chi connectivity index (χ3n) is 21.1. The van der Waals surface area contributed by atoms with Crippen molar-refractivity contribution < 1.29 is 100.0 Å². The number of Topliss-reactive ketones (excluding diaryl/α,β-unsaturated/α-hetero) is 1. The van der Waals surface area contributed by atoms with Crippen LogP contribution in [0.15, 0.2) is 126 Å². The molecular weight excluding hydrogens is 1350 g/mol. The van der Waals surface area contributed by atoms with Gasteiger partial charge in [-0.15, -0.1) is 0 Å². The molecule has 0 spiro atoms. The number of phosphoric ester groups is 1. The normalized spacial score (nSPS) is 24.4. The number of carbonyl (C=O) groups excluding carboxylic acids is 8. The van der Waals surface area contributed by atoms with Crippen LogP contribution >= 0.6 is 7.82 Å². The molecule has 2 bridgehead atoms. The predicted octanol–water partition coefficient (Wildman–Crippen LogP) is 11.7. The lowest BCUT2D eigenvalue weighted by atomic mass is 9.44. The standard InChI is InChI=1S/C80H108N3O20P/c1-54-62(52-80(93)73(102-75(91)60-40-32-26-33-41-60)71-78(6,63(86)51-64-79(71,53-96-64)103-56(3)85)72(89)69(99-55(2)84)67(54)77(80,4)5)100-76(92)70(68(58-36-28-24-29-37-58)82-74(90)59-38-30-25-31-39-59)101-66(88)47-46-65(87)81-61-44-42-57(43-45-61)35-27-22-20-18-16-14-12-10-11-13-15-17-19-21-23-34-49-97-104(94,95)98-50-48-83(7,8)9/h24-26,28-33,36-45,62-64,68-71,73,86,93H,10-23,27,34-35,46-53H2,1-9H3,(H2-,81,82,87,90,94,95)/t62-,63-,64+,68-,69+,70+,71-,73-,78+,79-,80+/m0/s1. The zero-order valence-corrected chi connectivity index (χ0v) is 62.8. The molecule has 12 atom stereocenters. The molecule has 1 saturated heterocycles. The van der Waals surface area contributed by atoms with Gasteiger partial charge in [0, 0.05) is 49.8 Å². The maximum absolute atomic E-state index is 15.9. The molecule has 1 aliphatic heterocycles. The van der Waals surface area contributed by atoms with Gasteiger partial charge in [-0.25, -0.2) is 9.59 Å². The number of nitrogens with zero attached hydrogens (tertiary/aromatic N) is 1. The van der Waals surface area contributed by atoms with Crippen LogP contribution < -0.4 is 15.5 Å². The molecule has 4 N–H and O–H groups in total. The molecule has 24 heteroatoms. The summed E-state index contributed by atoms with van der Waals surface area (Å²) in [6, 6.07) is 30.1. The maximum atomic E-state index is 15.9. The van der Waals surface area contributed by atoms with E-state index < -0.39 is 139 Å². The Kier molecular flexibility index (Phi) is 29.4. The van der Waals surface area contributed by atoms with Crippen LogP contribution in [-0.4, -0.2) is 157 Å². The fourth-order valence-corrected chi connectivity index (χ4v) is 16.0. The number of ether oxygens (including phenoxy) is 6. The van der Waals surface area contributed by atoms with E-state index in [0.717, 1.165) is 64.4 Å². The molecule has 1 heterocycles. The highest BCUT2D eigenvalue weighted by Crippen LogP contribution is 2.64. The molecule has 104 heavy (non-hydrogen) atoms. The fraction of sp³-hybridized carbons (Fsp3) is 0.575. The number of nitrogens with one attached hydrogen (secondary N) is 2. The third kappa shape index (κ3) is 21.2. The van der Waals surface area contributed by atoms with Gasteiger partial charge in [-0.3, -0.25) is 33.3 Å². The Morgan fingerprint density at radius 1 is 0.683 bits per heavy atom. The minimum absolute atomic E-state index is 0.0274. The van der Waals surface area contributed by atoms with Crippen LogP contribution in [0.4, 0.5) is 5.69 Å². The molecule has 2 saturated carbocycles.